The Bertz CT molecular complexity index is 345. The second kappa shape index (κ2) is 16.5. The zero-order valence-electron chi connectivity index (χ0n) is 14.4. The Morgan fingerprint density at radius 2 is 1.83 bits per heavy atom. The van der Waals surface area contributed by atoms with Crippen molar-refractivity contribution in [3.05, 3.63) is 0 Å². The van der Waals surface area contributed by atoms with Gasteiger partial charge in [0, 0.05) is 40.2 Å². The monoisotopic (exact) mass is 332 g/mol. The molecule has 0 saturated carbocycles. The zero-order chi connectivity index (χ0) is 18.1. The summed E-state index contributed by atoms with van der Waals surface area (Å²) in [5.74, 6) is -0.460. The summed E-state index contributed by atoms with van der Waals surface area (Å²) in [6.07, 6.45) is 2.13. The molecule has 1 amide bonds. The highest BCUT2D eigenvalue weighted by atomic mass is 16.4. The zero-order valence-corrected chi connectivity index (χ0v) is 14.4. The van der Waals surface area contributed by atoms with Crippen molar-refractivity contribution in [2.24, 2.45) is 22.4 Å². The van der Waals surface area contributed by atoms with Crippen LogP contribution in [0.25, 0.3) is 0 Å². The smallest absolute Gasteiger partial charge is 0.303 e. The van der Waals surface area contributed by atoms with Crippen molar-refractivity contribution in [2.45, 2.75) is 33.1 Å². The summed E-state index contributed by atoms with van der Waals surface area (Å²) in [7, 11) is 1.54. The average molecular weight is 332 g/mol. The molecular weight excluding hydrogens is 300 g/mol. The number of hydrogen-bond acceptors (Lipinski definition) is 5. The third-order valence-electron chi connectivity index (χ3n) is 2.78. The lowest BCUT2D eigenvalue weighted by molar-refractivity contribution is -0.138. The number of carboxylic acid groups (broad SMARTS) is 1. The van der Waals surface area contributed by atoms with Crippen LogP contribution < -0.4 is 27.4 Å². The van der Waals surface area contributed by atoms with Crippen LogP contribution in [0.1, 0.15) is 33.1 Å². The molecule has 0 saturated heterocycles. The number of carbonyl (C=O) groups excluding carboxylic acids is 1. The lowest BCUT2D eigenvalue weighted by Crippen LogP contribution is -2.37. The molecule has 0 spiro atoms. The van der Waals surface area contributed by atoms with Crippen LogP contribution in [-0.2, 0) is 9.59 Å². The number of nitrogens with zero attached hydrogens (tertiary/aromatic N) is 1. The van der Waals surface area contributed by atoms with Gasteiger partial charge < -0.3 is 32.5 Å². The first kappa shape index (κ1) is 23.4. The quantitative estimate of drug-likeness (QED) is 0.123. The molecule has 0 rings (SSSR count). The molecule has 0 aliphatic heterocycles. The third kappa shape index (κ3) is 22.5. The van der Waals surface area contributed by atoms with E-state index in [1.807, 2.05) is 0 Å². The Hall–Kier alpha value is -1.87. The summed E-state index contributed by atoms with van der Waals surface area (Å²) >= 11 is 0. The largest absolute Gasteiger partial charge is 0.481 e. The normalized spacial score (nSPS) is 10.9. The van der Waals surface area contributed by atoms with E-state index < -0.39 is 5.97 Å². The molecule has 23 heavy (non-hydrogen) atoms. The number of nitrogens with two attached hydrogens (primary N) is 2. The minimum atomic E-state index is -0.742. The van der Waals surface area contributed by atoms with Gasteiger partial charge in [0.25, 0.3) is 0 Å². The molecule has 0 radical (unpaired) electrons. The van der Waals surface area contributed by atoms with Gasteiger partial charge in [-0.3, -0.25) is 14.6 Å². The number of nitrogens with one attached hydrogen (secondary N) is 3. The molecule has 0 aliphatic rings. The number of guanidine groups is 1. The van der Waals surface area contributed by atoms with Crippen LogP contribution in [0.3, 0.4) is 0 Å². The van der Waals surface area contributed by atoms with Crippen molar-refractivity contribution in [1.82, 2.24) is 16.0 Å². The molecule has 136 valence electrons. The van der Waals surface area contributed by atoms with Crippen molar-refractivity contribution in [1.29, 1.82) is 0 Å². The molecule has 0 fully saturated rings. The average Bonchev–Trinajstić information content (AvgIpc) is 2.46. The fourth-order valence-electron chi connectivity index (χ4n) is 1.71. The predicted molar refractivity (Wildman–Crippen MR) is 91.9 cm³/mol. The summed E-state index contributed by atoms with van der Waals surface area (Å²) < 4.78 is 0. The van der Waals surface area contributed by atoms with E-state index in [1.165, 1.54) is 14.0 Å². The third-order valence-corrected chi connectivity index (χ3v) is 2.78. The lowest BCUT2D eigenvalue weighted by atomic mass is 10.00. The number of aliphatic imine (C=N–C) groups is 1. The van der Waals surface area contributed by atoms with Gasteiger partial charge in [-0.1, -0.05) is 13.3 Å². The lowest BCUT2D eigenvalue weighted by Gasteiger charge is -2.15. The summed E-state index contributed by atoms with van der Waals surface area (Å²) in [6.45, 7) is 6.17. The van der Waals surface area contributed by atoms with Gasteiger partial charge in [0.2, 0.25) is 5.91 Å². The Labute approximate surface area is 138 Å². The molecular formula is C14H32N6O3. The van der Waals surface area contributed by atoms with Gasteiger partial charge in [0.05, 0.1) is 0 Å². The minimum Gasteiger partial charge on any atom is -0.481 e. The van der Waals surface area contributed by atoms with E-state index in [-0.39, 0.29) is 24.2 Å². The summed E-state index contributed by atoms with van der Waals surface area (Å²) in [6, 6.07) is 0. The van der Waals surface area contributed by atoms with E-state index in [0.717, 1.165) is 12.8 Å². The molecule has 0 aromatic rings. The van der Waals surface area contributed by atoms with Crippen molar-refractivity contribution in [2.75, 3.05) is 33.4 Å². The maximum atomic E-state index is 10.6. The van der Waals surface area contributed by atoms with E-state index >= 15 is 0 Å². The molecule has 1 unspecified atom stereocenters. The maximum absolute atomic E-state index is 10.6. The van der Waals surface area contributed by atoms with Crippen LogP contribution in [0.4, 0.5) is 0 Å². The summed E-state index contributed by atoms with van der Waals surface area (Å²) in [5, 5.41) is 17.7. The van der Waals surface area contributed by atoms with Crippen LogP contribution in [-0.4, -0.2) is 56.3 Å². The molecule has 0 aromatic carbocycles. The van der Waals surface area contributed by atoms with Gasteiger partial charge in [0.15, 0.2) is 5.96 Å². The van der Waals surface area contributed by atoms with Crippen molar-refractivity contribution >= 4 is 17.8 Å². The minimum absolute atomic E-state index is 0.0331. The molecule has 0 heterocycles. The van der Waals surface area contributed by atoms with Gasteiger partial charge in [-0.2, -0.15) is 0 Å². The highest BCUT2D eigenvalue weighted by molar-refractivity contribution is 5.75. The Balaban J connectivity index is 0. The number of carbonyl (C=O) groups is 2. The second-order valence-electron chi connectivity index (χ2n) is 5.01. The number of amides is 1. The highest BCUT2D eigenvalue weighted by Gasteiger charge is 2.11. The maximum Gasteiger partial charge on any atom is 0.303 e. The molecule has 1 atom stereocenters. The van der Waals surface area contributed by atoms with Crippen LogP contribution >= 0.6 is 0 Å². The first-order valence-corrected chi connectivity index (χ1v) is 7.68. The standard InChI is InChI=1S/C12H25N3O3.C2H7N3/c1-3-4-11(7-12(17)18)8-14-9-13-5-6-15-10(2)16;1-5-2(3)4/h11,13-14H,3-9H2,1-2H3,(H,15,16)(H,17,18);1H3,(H4,3,4,5). The van der Waals surface area contributed by atoms with Crippen molar-refractivity contribution in [3.8, 4) is 0 Å². The van der Waals surface area contributed by atoms with Crippen LogP contribution in [0, 0.1) is 5.92 Å². The number of rotatable bonds is 11. The SMILES string of the molecule is CCCC(CNCNCCNC(C)=O)CC(=O)O.CN=C(N)N. The summed E-state index contributed by atoms with van der Waals surface area (Å²) in [4.78, 5) is 24.6. The predicted octanol–water partition coefficient (Wildman–Crippen LogP) is -0.960. The molecule has 0 aromatic heterocycles. The topological polar surface area (TPSA) is 155 Å². The molecule has 8 N–H and O–H groups in total. The first-order chi connectivity index (χ1) is 10.8. The van der Waals surface area contributed by atoms with Crippen molar-refractivity contribution in [3.63, 3.8) is 0 Å². The number of aliphatic carboxylic acids is 1. The molecule has 9 nitrogen and oxygen atoms in total. The number of carboxylic acids is 1. The van der Waals surface area contributed by atoms with E-state index in [9.17, 15) is 9.59 Å². The van der Waals surface area contributed by atoms with Gasteiger partial charge in [-0.25, -0.2) is 0 Å². The first-order valence-electron chi connectivity index (χ1n) is 7.68. The summed E-state index contributed by atoms with van der Waals surface area (Å²) in [5.41, 5.74) is 9.64. The fraction of sp³-hybridized carbons (Fsp3) is 0.786. The Kier molecular flexibility index (Phi) is 16.8. The van der Waals surface area contributed by atoms with E-state index in [2.05, 4.69) is 27.9 Å². The van der Waals surface area contributed by atoms with Gasteiger partial charge >= 0.3 is 5.97 Å². The van der Waals surface area contributed by atoms with Crippen LogP contribution in [0.15, 0.2) is 4.99 Å². The second-order valence-corrected chi connectivity index (χ2v) is 5.01. The molecule has 0 aliphatic carbocycles. The molecule has 9 heteroatoms. The number of hydrogen-bond donors (Lipinski definition) is 6. The fourth-order valence-corrected chi connectivity index (χ4v) is 1.71. The Morgan fingerprint density at radius 1 is 1.22 bits per heavy atom. The van der Waals surface area contributed by atoms with Gasteiger partial charge in [-0.15, -0.1) is 0 Å². The van der Waals surface area contributed by atoms with E-state index in [1.54, 1.807) is 0 Å². The molecule has 0 bridgehead atoms. The van der Waals surface area contributed by atoms with E-state index in [0.29, 0.717) is 26.3 Å². The Morgan fingerprint density at radius 3 is 2.26 bits per heavy atom. The van der Waals surface area contributed by atoms with Crippen LogP contribution in [0.2, 0.25) is 0 Å². The highest BCUT2D eigenvalue weighted by Crippen LogP contribution is 2.09. The van der Waals surface area contributed by atoms with Gasteiger partial charge in [-0.05, 0) is 18.9 Å². The van der Waals surface area contributed by atoms with Gasteiger partial charge in [0.1, 0.15) is 0 Å². The van der Waals surface area contributed by atoms with Crippen LogP contribution in [0.5, 0.6) is 0 Å². The van der Waals surface area contributed by atoms with Crippen molar-refractivity contribution < 1.29 is 14.7 Å². The van der Waals surface area contributed by atoms with E-state index in [4.69, 9.17) is 16.6 Å².